The molecule has 216 valence electrons. The van der Waals surface area contributed by atoms with E-state index in [2.05, 4.69) is 134 Å². The topological polar surface area (TPSA) is 0 Å². The molecule has 0 N–H and O–H groups in total. The molecule has 40 heavy (non-hydrogen) atoms. The molecule has 3 aliphatic carbocycles. The Balaban J connectivity index is 1.88. The van der Waals surface area contributed by atoms with Crippen molar-refractivity contribution in [2.45, 2.75) is 133 Å². The van der Waals surface area contributed by atoms with Crippen molar-refractivity contribution in [3.05, 3.63) is 80.4 Å². The molecule has 0 heteroatoms. The number of rotatable bonds is 1. The van der Waals surface area contributed by atoms with E-state index in [-0.39, 0.29) is 27.1 Å². The van der Waals surface area contributed by atoms with Crippen LogP contribution in [0.15, 0.2) is 47.1 Å². The van der Waals surface area contributed by atoms with Gasteiger partial charge in [0.25, 0.3) is 0 Å². The lowest BCUT2D eigenvalue weighted by Crippen LogP contribution is -2.41. The first-order chi connectivity index (χ1) is 18.1. The number of fused-ring (bicyclic) bond motifs is 3. The Morgan fingerprint density at radius 3 is 1.48 bits per heavy atom. The second-order valence-electron chi connectivity index (χ2n) is 17.8. The van der Waals surface area contributed by atoms with Crippen molar-refractivity contribution in [3.8, 4) is 11.1 Å². The Labute approximate surface area is 246 Å². The highest BCUT2D eigenvalue weighted by molar-refractivity contribution is 5.83. The van der Waals surface area contributed by atoms with E-state index in [0.29, 0.717) is 11.8 Å². The quantitative estimate of drug-likeness (QED) is 0.340. The van der Waals surface area contributed by atoms with E-state index >= 15 is 0 Å². The van der Waals surface area contributed by atoms with Crippen LogP contribution in [0.4, 0.5) is 0 Å². The zero-order chi connectivity index (χ0) is 30.0. The van der Waals surface area contributed by atoms with Gasteiger partial charge in [-0.2, -0.15) is 0 Å². The van der Waals surface area contributed by atoms with Gasteiger partial charge in [-0.1, -0.05) is 131 Å². The number of hydrogen-bond acceptors (Lipinski definition) is 0. The van der Waals surface area contributed by atoms with Gasteiger partial charge in [0.15, 0.2) is 0 Å². The molecule has 0 bridgehead atoms. The van der Waals surface area contributed by atoms with Crippen LogP contribution in [-0.2, 0) is 10.8 Å². The SMILES string of the molecule is Cc1cc2c(cc1C(C)(C)C)-c1cc(C(C)(C)C)c(C)cc1C2C1(C(C)(C)C)CC(C)C2=C1C=C(C(C)(C)C)C2. The van der Waals surface area contributed by atoms with E-state index in [0.717, 1.165) is 6.42 Å². The van der Waals surface area contributed by atoms with Crippen LogP contribution in [0.3, 0.4) is 0 Å². The van der Waals surface area contributed by atoms with E-state index in [4.69, 9.17) is 0 Å². The van der Waals surface area contributed by atoms with Crippen molar-refractivity contribution in [2.24, 2.45) is 22.2 Å². The molecule has 0 heterocycles. The van der Waals surface area contributed by atoms with Gasteiger partial charge in [-0.15, -0.1) is 0 Å². The molecule has 2 aromatic rings. The normalized spacial score (nSPS) is 23.5. The van der Waals surface area contributed by atoms with Crippen molar-refractivity contribution in [2.75, 3.05) is 0 Å². The maximum Gasteiger partial charge on any atom is 0.0204 e. The molecule has 0 nitrogen and oxygen atoms in total. The summed E-state index contributed by atoms with van der Waals surface area (Å²) < 4.78 is 0. The predicted octanol–water partition coefficient (Wildman–Crippen LogP) is 11.8. The van der Waals surface area contributed by atoms with Gasteiger partial charge in [-0.05, 0) is 104 Å². The van der Waals surface area contributed by atoms with Crippen molar-refractivity contribution >= 4 is 0 Å². The van der Waals surface area contributed by atoms with Crippen molar-refractivity contribution in [1.82, 2.24) is 0 Å². The van der Waals surface area contributed by atoms with Crippen LogP contribution in [0.2, 0.25) is 0 Å². The molecule has 0 fully saturated rings. The lowest BCUT2D eigenvalue weighted by molar-refractivity contribution is 0.103. The fraction of sp³-hybridized carbons (Fsp3) is 0.600. The van der Waals surface area contributed by atoms with Gasteiger partial charge in [-0.25, -0.2) is 0 Å². The average Bonchev–Trinajstić information content (AvgIpc) is 3.41. The Kier molecular flexibility index (Phi) is 6.41. The highest BCUT2D eigenvalue weighted by Crippen LogP contribution is 2.70. The molecule has 2 atom stereocenters. The second-order valence-corrected chi connectivity index (χ2v) is 17.8. The number of allylic oxidation sites excluding steroid dienone is 4. The Morgan fingerprint density at radius 2 is 1.10 bits per heavy atom. The first-order valence-corrected chi connectivity index (χ1v) is 15.8. The number of benzene rings is 2. The number of aryl methyl sites for hydroxylation is 2. The van der Waals surface area contributed by atoms with E-state index in [1.165, 1.54) is 39.8 Å². The van der Waals surface area contributed by atoms with Crippen molar-refractivity contribution in [3.63, 3.8) is 0 Å². The van der Waals surface area contributed by atoms with E-state index in [1.54, 1.807) is 27.8 Å². The van der Waals surface area contributed by atoms with Crippen LogP contribution < -0.4 is 0 Å². The van der Waals surface area contributed by atoms with Crippen molar-refractivity contribution < 1.29 is 0 Å². The summed E-state index contributed by atoms with van der Waals surface area (Å²) in [6.45, 7) is 36.2. The third-order valence-corrected chi connectivity index (χ3v) is 10.9. The highest BCUT2D eigenvalue weighted by Gasteiger charge is 2.59. The highest BCUT2D eigenvalue weighted by atomic mass is 14.6. The predicted molar refractivity (Wildman–Crippen MR) is 175 cm³/mol. The van der Waals surface area contributed by atoms with E-state index < -0.39 is 0 Å². The maximum atomic E-state index is 2.68. The fourth-order valence-corrected chi connectivity index (χ4v) is 8.81. The lowest BCUT2D eigenvalue weighted by atomic mass is 9.53. The minimum atomic E-state index is 0.0557. The van der Waals surface area contributed by atoms with Crippen LogP contribution in [0, 0.1) is 36.0 Å². The molecule has 2 unspecified atom stereocenters. The fourth-order valence-electron chi connectivity index (χ4n) is 8.81. The van der Waals surface area contributed by atoms with E-state index in [1.807, 2.05) is 0 Å². The largest absolute Gasteiger partial charge is 0.0605 e. The summed E-state index contributed by atoms with van der Waals surface area (Å²) in [5.74, 6) is 0.978. The molecule has 2 aromatic carbocycles. The van der Waals surface area contributed by atoms with Crippen LogP contribution in [-0.4, -0.2) is 0 Å². The molecule has 5 rings (SSSR count). The molecule has 3 aliphatic rings. The first-order valence-electron chi connectivity index (χ1n) is 15.8. The first kappa shape index (κ1) is 29.4. The van der Waals surface area contributed by atoms with Crippen LogP contribution >= 0.6 is 0 Å². The van der Waals surface area contributed by atoms with Gasteiger partial charge in [0, 0.05) is 11.3 Å². The standard InChI is InChI=1S/C40H56/c1-23-16-30-28(20-32(23)37(7,8)9)29-21-33(38(10,11)12)24(2)17-31(29)35(30)40(39(13,14)15)22-25(3)27-18-26(19-34(27)40)36(4,5)6/h16-17,19-21,25,35H,18,22H2,1-15H3. The summed E-state index contributed by atoms with van der Waals surface area (Å²) in [7, 11) is 0. The molecule has 0 radical (unpaired) electrons. The zero-order valence-electron chi connectivity index (χ0n) is 28.5. The monoisotopic (exact) mass is 536 g/mol. The molecule has 0 spiro atoms. The smallest absolute Gasteiger partial charge is 0.0204 e. The molecular weight excluding hydrogens is 480 g/mol. The van der Waals surface area contributed by atoms with Crippen LogP contribution in [0.1, 0.15) is 142 Å². The molecule has 0 amide bonds. The Morgan fingerprint density at radius 1 is 0.650 bits per heavy atom. The molecule has 0 saturated carbocycles. The van der Waals surface area contributed by atoms with Gasteiger partial charge >= 0.3 is 0 Å². The summed E-state index contributed by atoms with van der Waals surface area (Å²) in [4.78, 5) is 0. The third kappa shape index (κ3) is 4.22. The summed E-state index contributed by atoms with van der Waals surface area (Å²) >= 11 is 0. The zero-order valence-corrected chi connectivity index (χ0v) is 28.5. The lowest BCUT2D eigenvalue weighted by Gasteiger charge is -2.49. The summed E-state index contributed by atoms with van der Waals surface area (Å²) in [5.41, 5.74) is 17.6. The second kappa shape index (κ2) is 8.72. The van der Waals surface area contributed by atoms with Gasteiger partial charge in [0.1, 0.15) is 0 Å². The minimum absolute atomic E-state index is 0.0557. The molecular formula is C40H56. The summed E-state index contributed by atoms with van der Waals surface area (Å²) in [6, 6.07) is 10.4. The summed E-state index contributed by atoms with van der Waals surface area (Å²) in [6.07, 6.45) is 5.07. The number of hydrogen-bond donors (Lipinski definition) is 0. The molecule has 0 aromatic heterocycles. The summed E-state index contributed by atoms with van der Waals surface area (Å²) in [5, 5.41) is 0. The Bertz CT molecular complexity index is 1370. The van der Waals surface area contributed by atoms with Crippen LogP contribution in [0.5, 0.6) is 0 Å². The van der Waals surface area contributed by atoms with E-state index in [9.17, 15) is 0 Å². The van der Waals surface area contributed by atoms with Crippen LogP contribution in [0.25, 0.3) is 11.1 Å². The minimum Gasteiger partial charge on any atom is -0.0605 e. The molecule has 0 saturated heterocycles. The van der Waals surface area contributed by atoms with Crippen molar-refractivity contribution in [1.29, 1.82) is 0 Å². The maximum absolute atomic E-state index is 2.68. The third-order valence-electron chi connectivity index (χ3n) is 10.9. The van der Waals surface area contributed by atoms with Gasteiger partial charge < -0.3 is 0 Å². The van der Waals surface area contributed by atoms with Gasteiger partial charge in [0.05, 0.1) is 0 Å². The Hall–Kier alpha value is -2.08. The van der Waals surface area contributed by atoms with Gasteiger partial charge in [-0.3, -0.25) is 0 Å². The van der Waals surface area contributed by atoms with Gasteiger partial charge in [0.2, 0.25) is 0 Å². The molecule has 0 aliphatic heterocycles. The average molecular weight is 537 g/mol.